The third kappa shape index (κ3) is 5.52. The summed E-state index contributed by atoms with van der Waals surface area (Å²) in [4.78, 5) is 12.6. The topological polar surface area (TPSA) is 138 Å². The van der Waals surface area contributed by atoms with E-state index in [1.165, 1.54) is 38.3 Å². The van der Waals surface area contributed by atoms with Crippen molar-refractivity contribution < 1.29 is 27.6 Å². The Balaban J connectivity index is 1.76. The van der Waals surface area contributed by atoms with Crippen LogP contribution in [-0.4, -0.2) is 31.1 Å². The van der Waals surface area contributed by atoms with E-state index in [-0.39, 0.29) is 27.5 Å². The summed E-state index contributed by atoms with van der Waals surface area (Å²) in [5.41, 5.74) is 0.667. The lowest BCUT2D eigenvalue weighted by Gasteiger charge is -2.12. The molecular formula is C25H19Cl2N3O6S. The van der Waals surface area contributed by atoms with Crippen LogP contribution in [0.5, 0.6) is 11.5 Å². The van der Waals surface area contributed by atoms with Gasteiger partial charge >= 0.3 is 0 Å². The molecule has 0 aromatic heterocycles. The molecule has 190 valence electrons. The maximum atomic E-state index is 13.1. The molecule has 0 saturated carbocycles. The fourth-order valence-corrected chi connectivity index (χ4v) is 5.32. The zero-order valence-corrected chi connectivity index (χ0v) is 21.7. The van der Waals surface area contributed by atoms with Crippen LogP contribution in [0.3, 0.4) is 0 Å². The molecule has 9 nitrogen and oxygen atoms in total. The van der Waals surface area contributed by atoms with Gasteiger partial charge < -0.3 is 15.2 Å². The van der Waals surface area contributed by atoms with Gasteiger partial charge in [-0.05, 0) is 54.3 Å². The normalized spacial score (nSPS) is 11.7. The molecular weight excluding hydrogens is 541 g/mol. The molecule has 0 atom stereocenters. The van der Waals surface area contributed by atoms with E-state index >= 15 is 0 Å². The number of nitrogens with one attached hydrogen (secondary N) is 1. The number of phenols is 1. The van der Waals surface area contributed by atoms with Crippen LogP contribution < -0.4 is 10.1 Å². The van der Waals surface area contributed by atoms with Crippen LogP contribution >= 0.6 is 23.2 Å². The number of phenolic OH excluding ortho intramolecular Hbond substituents is 1. The summed E-state index contributed by atoms with van der Waals surface area (Å²) >= 11 is 12.2. The number of rotatable bonds is 6. The van der Waals surface area contributed by atoms with Crippen molar-refractivity contribution in [1.29, 1.82) is 0 Å². The molecule has 4 aromatic carbocycles. The van der Waals surface area contributed by atoms with E-state index in [2.05, 4.69) is 15.5 Å². The molecule has 0 radical (unpaired) electrons. The fraction of sp³-hybridized carbons (Fsp3) is 0.0800. The van der Waals surface area contributed by atoms with Gasteiger partial charge in [0, 0.05) is 11.1 Å². The second-order valence-electron chi connectivity index (χ2n) is 7.89. The predicted molar refractivity (Wildman–Crippen MR) is 142 cm³/mol. The number of methoxy groups -OCH3 is 1. The van der Waals surface area contributed by atoms with E-state index in [1.807, 2.05) is 0 Å². The third-order valence-corrected chi connectivity index (χ3v) is 7.15. The van der Waals surface area contributed by atoms with Gasteiger partial charge in [0.25, 0.3) is 16.0 Å². The monoisotopic (exact) mass is 559 g/mol. The van der Waals surface area contributed by atoms with Gasteiger partial charge in [-0.3, -0.25) is 9.35 Å². The highest BCUT2D eigenvalue weighted by atomic mass is 35.5. The number of carbonyl (C=O) groups is 1. The number of amides is 1. The van der Waals surface area contributed by atoms with Crippen molar-refractivity contribution in [1.82, 2.24) is 0 Å². The summed E-state index contributed by atoms with van der Waals surface area (Å²) in [5.74, 6) is -0.592. The molecule has 0 heterocycles. The molecule has 3 N–H and O–H groups in total. The van der Waals surface area contributed by atoms with Gasteiger partial charge in [-0.1, -0.05) is 47.5 Å². The quantitative estimate of drug-likeness (QED) is 0.170. The van der Waals surface area contributed by atoms with Gasteiger partial charge in [0.15, 0.2) is 5.75 Å². The van der Waals surface area contributed by atoms with Crippen molar-refractivity contribution >= 4 is 67.1 Å². The molecule has 0 aliphatic heterocycles. The summed E-state index contributed by atoms with van der Waals surface area (Å²) in [6.45, 7) is 1.44. The van der Waals surface area contributed by atoms with E-state index in [0.29, 0.717) is 27.2 Å². The van der Waals surface area contributed by atoms with Gasteiger partial charge in [0.1, 0.15) is 16.3 Å². The number of hydrogen-bond donors (Lipinski definition) is 3. The van der Waals surface area contributed by atoms with E-state index in [1.54, 1.807) is 36.4 Å². The number of ether oxygens (including phenoxy) is 1. The van der Waals surface area contributed by atoms with Crippen LogP contribution in [0.15, 0.2) is 75.8 Å². The SMILES string of the molecule is COc1ccc(NC(=O)c2cc3ccccc3c(N=Nc3cc(C)c(S(=O)(=O)O)c(Cl)c3)c2O)cc1Cl. The van der Waals surface area contributed by atoms with Gasteiger partial charge in [-0.2, -0.15) is 13.5 Å². The lowest BCUT2D eigenvalue weighted by Crippen LogP contribution is -2.12. The van der Waals surface area contributed by atoms with Crippen molar-refractivity contribution in [2.75, 3.05) is 12.4 Å². The molecule has 0 fully saturated rings. The average Bonchev–Trinajstić information content (AvgIpc) is 2.82. The molecule has 0 aliphatic rings. The number of azo groups is 1. The Labute approximate surface area is 222 Å². The molecule has 0 saturated heterocycles. The second-order valence-corrected chi connectivity index (χ2v) is 10.1. The molecule has 4 aromatic rings. The first-order valence-electron chi connectivity index (χ1n) is 10.6. The van der Waals surface area contributed by atoms with Gasteiger partial charge in [-0.25, -0.2) is 0 Å². The van der Waals surface area contributed by atoms with Gasteiger partial charge in [0.05, 0.1) is 28.4 Å². The average molecular weight is 560 g/mol. The lowest BCUT2D eigenvalue weighted by molar-refractivity contribution is 0.102. The number of benzene rings is 4. The maximum Gasteiger partial charge on any atom is 0.296 e. The highest BCUT2D eigenvalue weighted by Gasteiger charge is 2.20. The Morgan fingerprint density at radius 3 is 2.38 bits per heavy atom. The number of fused-ring (bicyclic) bond motifs is 1. The van der Waals surface area contributed by atoms with E-state index in [4.69, 9.17) is 27.9 Å². The zero-order chi connectivity index (χ0) is 26.9. The van der Waals surface area contributed by atoms with Crippen molar-refractivity contribution in [3.05, 3.63) is 81.8 Å². The van der Waals surface area contributed by atoms with Gasteiger partial charge in [0.2, 0.25) is 0 Å². The van der Waals surface area contributed by atoms with Crippen LogP contribution in [0, 0.1) is 6.92 Å². The fourth-order valence-electron chi connectivity index (χ4n) is 3.74. The number of halogens is 2. The zero-order valence-electron chi connectivity index (χ0n) is 19.4. The minimum Gasteiger partial charge on any atom is -0.505 e. The smallest absolute Gasteiger partial charge is 0.296 e. The summed E-state index contributed by atoms with van der Waals surface area (Å²) in [6, 6.07) is 15.8. The Hall–Kier alpha value is -3.70. The Kier molecular flexibility index (Phi) is 7.37. The molecule has 0 spiro atoms. The summed E-state index contributed by atoms with van der Waals surface area (Å²) in [7, 11) is -3.06. The first-order chi connectivity index (χ1) is 17.5. The van der Waals surface area contributed by atoms with E-state index in [0.717, 1.165) is 0 Å². The molecule has 4 rings (SSSR count). The molecule has 0 aliphatic carbocycles. The lowest BCUT2D eigenvalue weighted by atomic mass is 10.0. The Morgan fingerprint density at radius 1 is 1.00 bits per heavy atom. The third-order valence-electron chi connectivity index (χ3n) is 5.39. The Bertz CT molecular complexity index is 1670. The summed E-state index contributed by atoms with van der Waals surface area (Å²) < 4.78 is 37.6. The number of carbonyl (C=O) groups excluding carboxylic acids is 1. The predicted octanol–water partition coefficient (Wildman–Crippen LogP) is 7.08. The number of aryl methyl sites for hydroxylation is 1. The molecule has 1 amide bonds. The minimum absolute atomic E-state index is 0.0173. The molecule has 12 heteroatoms. The number of hydrogen-bond acceptors (Lipinski definition) is 7. The highest BCUT2D eigenvalue weighted by Crippen LogP contribution is 2.40. The second kappa shape index (κ2) is 10.3. The first-order valence-corrected chi connectivity index (χ1v) is 12.8. The number of aromatic hydroxyl groups is 1. The van der Waals surface area contributed by atoms with Crippen LogP contribution in [-0.2, 0) is 10.1 Å². The molecule has 37 heavy (non-hydrogen) atoms. The van der Waals surface area contributed by atoms with E-state index < -0.39 is 26.7 Å². The van der Waals surface area contributed by atoms with Gasteiger partial charge in [-0.15, -0.1) is 5.11 Å². The van der Waals surface area contributed by atoms with Crippen molar-refractivity contribution in [2.24, 2.45) is 10.2 Å². The van der Waals surface area contributed by atoms with Crippen molar-refractivity contribution in [3.63, 3.8) is 0 Å². The Morgan fingerprint density at radius 2 is 1.73 bits per heavy atom. The maximum absolute atomic E-state index is 13.1. The van der Waals surface area contributed by atoms with Crippen LogP contribution in [0.2, 0.25) is 10.0 Å². The number of anilines is 1. The van der Waals surface area contributed by atoms with E-state index in [9.17, 15) is 22.9 Å². The largest absolute Gasteiger partial charge is 0.505 e. The van der Waals surface area contributed by atoms with Crippen molar-refractivity contribution in [3.8, 4) is 11.5 Å². The van der Waals surface area contributed by atoms with Crippen molar-refractivity contribution in [2.45, 2.75) is 11.8 Å². The molecule has 0 bridgehead atoms. The first kappa shape index (κ1) is 26.4. The van der Waals surface area contributed by atoms with Crippen LogP contribution in [0.1, 0.15) is 15.9 Å². The minimum atomic E-state index is -4.54. The summed E-state index contributed by atoms with van der Waals surface area (Å²) in [6.07, 6.45) is 0. The molecule has 0 unspecified atom stereocenters. The standard InChI is InChI=1S/C25H19Cl2N3O6S/c1-13-9-16(12-20(27)24(13)37(33,34)35)29-30-22-17-6-4-3-5-14(17)10-18(23(22)31)25(32)28-15-7-8-21(36-2)19(26)11-15/h3-12,31H,1-2H3,(H,28,32)(H,33,34,35). The van der Waals surface area contributed by atoms with Crippen LogP contribution in [0.4, 0.5) is 17.1 Å². The highest BCUT2D eigenvalue weighted by molar-refractivity contribution is 7.86. The van der Waals surface area contributed by atoms with Crippen LogP contribution in [0.25, 0.3) is 10.8 Å². The summed E-state index contributed by atoms with van der Waals surface area (Å²) in [5, 5.41) is 23.1. The number of nitrogens with zero attached hydrogens (tertiary/aromatic N) is 2.